The summed E-state index contributed by atoms with van der Waals surface area (Å²) in [7, 11) is 1.91. The van der Waals surface area contributed by atoms with Crippen molar-refractivity contribution in [1.29, 1.82) is 0 Å². The van der Waals surface area contributed by atoms with Crippen LogP contribution in [0.15, 0.2) is 12.4 Å². The summed E-state index contributed by atoms with van der Waals surface area (Å²) in [5.74, 6) is 1.33. The van der Waals surface area contributed by atoms with Gasteiger partial charge in [0.2, 0.25) is 5.91 Å². The molecule has 0 aromatic carbocycles. The Morgan fingerprint density at radius 2 is 2.50 bits per heavy atom. The van der Waals surface area contributed by atoms with Gasteiger partial charge >= 0.3 is 0 Å². The number of imidazole rings is 1. The summed E-state index contributed by atoms with van der Waals surface area (Å²) < 4.78 is 1.90. The second-order valence-corrected chi connectivity index (χ2v) is 5.49. The monoisotopic (exact) mass is 250 g/mol. The fraction of sp³-hybridized carbons (Fsp3) is 0.692. The maximum atomic E-state index is 12.2. The molecule has 1 fully saturated rings. The molecule has 1 aliphatic carbocycles. The van der Waals surface area contributed by atoms with Crippen LogP contribution in [0.5, 0.6) is 0 Å². The highest BCUT2D eigenvalue weighted by atomic mass is 16.2. The third-order valence-electron chi connectivity index (χ3n) is 3.81. The van der Waals surface area contributed by atoms with Gasteiger partial charge in [0.15, 0.2) is 0 Å². The van der Waals surface area contributed by atoms with Crippen molar-refractivity contribution in [3.63, 3.8) is 0 Å². The number of nitrogens with one attached hydrogen (secondary N) is 1. The first kappa shape index (κ1) is 13.1. The van der Waals surface area contributed by atoms with E-state index in [0.717, 1.165) is 25.1 Å². The van der Waals surface area contributed by atoms with Crippen LogP contribution in [0.2, 0.25) is 0 Å². The lowest BCUT2D eigenvalue weighted by Gasteiger charge is -2.35. The number of rotatable bonds is 3. The van der Waals surface area contributed by atoms with Gasteiger partial charge in [-0.05, 0) is 18.8 Å². The molecule has 18 heavy (non-hydrogen) atoms. The molecule has 0 saturated heterocycles. The first-order chi connectivity index (χ1) is 8.51. The number of hydrogen-bond donors (Lipinski definition) is 2. The van der Waals surface area contributed by atoms with E-state index in [4.69, 9.17) is 5.73 Å². The van der Waals surface area contributed by atoms with Crippen molar-refractivity contribution in [1.82, 2.24) is 14.9 Å². The normalized spacial score (nSPS) is 28.1. The minimum absolute atomic E-state index is 0.0444. The lowest BCUT2D eigenvalue weighted by atomic mass is 9.76. The lowest BCUT2D eigenvalue weighted by molar-refractivity contribution is -0.128. The molecular weight excluding hydrogens is 228 g/mol. The van der Waals surface area contributed by atoms with Crippen molar-refractivity contribution in [2.24, 2.45) is 18.7 Å². The van der Waals surface area contributed by atoms with Crippen molar-refractivity contribution in [2.75, 3.05) is 0 Å². The smallest absolute Gasteiger partial charge is 0.240 e. The highest BCUT2D eigenvalue weighted by molar-refractivity contribution is 5.86. The van der Waals surface area contributed by atoms with E-state index in [1.165, 1.54) is 6.42 Å². The van der Waals surface area contributed by atoms with Crippen molar-refractivity contribution >= 4 is 5.91 Å². The molecule has 1 aliphatic rings. The Morgan fingerprint density at radius 3 is 3.11 bits per heavy atom. The largest absolute Gasteiger partial charge is 0.347 e. The summed E-state index contributed by atoms with van der Waals surface area (Å²) >= 11 is 0. The van der Waals surface area contributed by atoms with Crippen LogP contribution >= 0.6 is 0 Å². The molecule has 2 atom stereocenters. The first-order valence-corrected chi connectivity index (χ1v) is 6.55. The van der Waals surface area contributed by atoms with Gasteiger partial charge in [0.05, 0.1) is 12.1 Å². The van der Waals surface area contributed by atoms with Gasteiger partial charge in [0.25, 0.3) is 0 Å². The van der Waals surface area contributed by atoms with E-state index in [2.05, 4.69) is 17.2 Å². The second-order valence-electron chi connectivity index (χ2n) is 5.49. The molecule has 0 aliphatic heterocycles. The fourth-order valence-electron chi connectivity index (χ4n) is 2.70. The van der Waals surface area contributed by atoms with Crippen LogP contribution in [-0.2, 0) is 18.4 Å². The highest BCUT2D eigenvalue weighted by Crippen LogP contribution is 2.30. The third-order valence-corrected chi connectivity index (χ3v) is 3.81. The summed E-state index contributed by atoms with van der Waals surface area (Å²) in [6, 6.07) is 0. The van der Waals surface area contributed by atoms with Gasteiger partial charge in [-0.2, -0.15) is 0 Å². The molecule has 2 unspecified atom stereocenters. The molecule has 0 bridgehead atoms. The lowest BCUT2D eigenvalue weighted by Crippen LogP contribution is -2.56. The molecule has 1 aromatic rings. The Bertz CT molecular complexity index is 428. The van der Waals surface area contributed by atoms with E-state index in [9.17, 15) is 4.79 Å². The van der Waals surface area contributed by atoms with Crippen molar-refractivity contribution in [3.8, 4) is 0 Å². The SMILES string of the molecule is CC1CCCC(N)(C(=O)NCc2nccn2C)C1. The van der Waals surface area contributed by atoms with E-state index in [1.807, 2.05) is 17.8 Å². The van der Waals surface area contributed by atoms with Gasteiger partial charge < -0.3 is 15.6 Å². The molecule has 3 N–H and O–H groups in total. The predicted octanol–water partition coefficient (Wildman–Crippen LogP) is 0.944. The van der Waals surface area contributed by atoms with Crippen LogP contribution in [0.25, 0.3) is 0 Å². The van der Waals surface area contributed by atoms with Crippen LogP contribution in [0.4, 0.5) is 0 Å². The molecule has 1 aromatic heterocycles. The minimum Gasteiger partial charge on any atom is -0.347 e. The van der Waals surface area contributed by atoms with Gasteiger partial charge in [0, 0.05) is 19.4 Å². The van der Waals surface area contributed by atoms with Gasteiger partial charge in [-0.3, -0.25) is 4.79 Å². The summed E-state index contributed by atoms with van der Waals surface area (Å²) in [6.07, 6.45) is 7.35. The molecule has 1 heterocycles. The Labute approximate surface area is 108 Å². The summed E-state index contributed by atoms with van der Waals surface area (Å²) in [5, 5.41) is 2.91. The standard InChI is InChI=1S/C13H22N4O/c1-10-4-3-5-13(14,8-10)12(18)16-9-11-15-6-7-17(11)2/h6-7,10H,3-5,8-9,14H2,1-2H3,(H,16,18). The molecule has 5 heteroatoms. The first-order valence-electron chi connectivity index (χ1n) is 6.55. The molecular formula is C13H22N4O. The summed E-state index contributed by atoms with van der Waals surface area (Å²) in [5.41, 5.74) is 5.54. The fourth-order valence-corrected chi connectivity index (χ4v) is 2.70. The van der Waals surface area contributed by atoms with Crippen molar-refractivity contribution in [3.05, 3.63) is 18.2 Å². The Hall–Kier alpha value is -1.36. The number of carbonyl (C=O) groups excluding carboxylic acids is 1. The van der Waals surface area contributed by atoms with E-state index in [-0.39, 0.29) is 5.91 Å². The maximum absolute atomic E-state index is 12.2. The number of aryl methyl sites for hydroxylation is 1. The molecule has 2 rings (SSSR count). The number of amides is 1. The van der Waals surface area contributed by atoms with E-state index >= 15 is 0 Å². The number of hydrogen-bond acceptors (Lipinski definition) is 3. The second kappa shape index (κ2) is 5.10. The van der Waals surface area contributed by atoms with Gasteiger partial charge in [-0.1, -0.05) is 19.8 Å². The highest BCUT2D eigenvalue weighted by Gasteiger charge is 2.37. The average molecular weight is 250 g/mol. The zero-order valence-electron chi connectivity index (χ0n) is 11.1. The third kappa shape index (κ3) is 2.72. The Balaban J connectivity index is 1.93. The molecule has 5 nitrogen and oxygen atoms in total. The van der Waals surface area contributed by atoms with Crippen LogP contribution in [0.3, 0.4) is 0 Å². The number of carbonyl (C=O) groups is 1. The average Bonchev–Trinajstić information content (AvgIpc) is 2.71. The summed E-state index contributed by atoms with van der Waals surface area (Å²) in [6.45, 7) is 2.60. The van der Waals surface area contributed by atoms with Gasteiger partial charge in [-0.15, -0.1) is 0 Å². The van der Waals surface area contributed by atoms with Crippen molar-refractivity contribution < 1.29 is 4.79 Å². The van der Waals surface area contributed by atoms with Crippen LogP contribution in [0, 0.1) is 5.92 Å². The van der Waals surface area contributed by atoms with E-state index in [1.54, 1.807) is 6.20 Å². The molecule has 100 valence electrons. The quantitative estimate of drug-likeness (QED) is 0.838. The number of nitrogens with zero attached hydrogens (tertiary/aromatic N) is 2. The topological polar surface area (TPSA) is 72.9 Å². The Morgan fingerprint density at radius 1 is 1.72 bits per heavy atom. The van der Waals surface area contributed by atoms with E-state index < -0.39 is 5.54 Å². The number of aromatic nitrogens is 2. The van der Waals surface area contributed by atoms with Gasteiger partial charge in [-0.25, -0.2) is 4.98 Å². The van der Waals surface area contributed by atoms with E-state index in [0.29, 0.717) is 12.5 Å². The summed E-state index contributed by atoms with van der Waals surface area (Å²) in [4.78, 5) is 16.4. The minimum atomic E-state index is -0.692. The van der Waals surface area contributed by atoms with Crippen LogP contribution in [-0.4, -0.2) is 21.0 Å². The van der Waals surface area contributed by atoms with Crippen LogP contribution in [0.1, 0.15) is 38.4 Å². The zero-order chi connectivity index (χ0) is 13.2. The Kier molecular flexibility index (Phi) is 3.71. The number of nitrogens with two attached hydrogens (primary N) is 1. The zero-order valence-corrected chi connectivity index (χ0v) is 11.1. The molecule has 0 radical (unpaired) electrons. The predicted molar refractivity (Wildman–Crippen MR) is 69.6 cm³/mol. The molecule has 1 saturated carbocycles. The van der Waals surface area contributed by atoms with Crippen LogP contribution < -0.4 is 11.1 Å². The maximum Gasteiger partial charge on any atom is 0.240 e. The molecule has 1 amide bonds. The van der Waals surface area contributed by atoms with Gasteiger partial charge in [0.1, 0.15) is 5.82 Å². The van der Waals surface area contributed by atoms with Crippen molar-refractivity contribution in [2.45, 2.75) is 44.7 Å². The molecule has 0 spiro atoms.